The molecule has 0 aliphatic heterocycles. The molecule has 0 bridgehead atoms. The molecule has 21 heavy (non-hydrogen) atoms. The monoisotopic (exact) mass is 299 g/mol. The summed E-state index contributed by atoms with van der Waals surface area (Å²) in [6, 6.07) is 4.34. The van der Waals surface area contributed by atoms with Gasteiger partial charge in [-0.3, -0.25) is 0 Å². The van der Waals surface area contributed by atoms with Gasteiger partial charge >= 0.3 is 0 Å². The van der Waals surface area contributed by atoms with Crippen LogP contribution in [-0.4, -0.2) is 9.97 Å². The van der Waals surface area contributed by atoms with Gasteiger partial charge in [0, 0.05) is 29.8 Å². The summed E-state index contributed by atoms with van der Waals surface area (Å²) >= 11 is 1.76. The van der Waals surface area contributed by atoms with Gasteiger partial charge in [-0.05, 0) is 11.4 Å². The number of aromatic nitrogens is 3. The fourth-order valence-electron chi connectivity index (χ4n) is 2.29. The summed E-state index contributed by atoms with van der Waals surface area (Å²) in [6.07, 6.45) is 4.01. The van der Waals surface area contributed by atoms with Gasteiger partial charge in [-0.1, -0.05) is 13.8 Å². The largest absolute Gasteiger partial charge is 0.383 e. The minimum Gasteiger partial charge on any atom is -0.383 e. The van der Waals surface area contributed by atoms with E-state index in [1.165, 1.54) is 15.8 Å². The Morgan fingerprint density at radius 2 is 2.19 bits per heavy atom. The number of nitrogens with zero attached hydrogens (tertiary/aromatic N) is 3. The molecule has 3 heterocycles. The van der Waals surface area contributed by atoms with E-state index in [0.717, 1.165) is 11.4 Å². The maximum absolute atomic E-state index is 6.09. The van der Waals surface area contributed by atoms with Gasteiger partial charge in [0.15, 0.2) is 18.4 Å². The van der Waals surface area contributed by atoms with Crippen molar-refractivity contribution < 1.29 is 4.57 Å². The van der Waals surface area contributed by atoms with Crippen molar-refractivity contribution in [2.75, 3.05) is 5.73 Å². The SMILES string of the molecule is Cc1cc2sccc2c[n+]1Cc1cnc(C(C)C)nc1N. The number of nitrogens with two attached hydrogens (primary N) is 1. The van der Waals surface area contributed by atoms with Crippen LogP contribution in [0.25, 0.3) is 10.1 Å². The van der Waals surface area contributed by atoms with E-state index >= 15 is 0 Å². The first-order valence-corrected chi connectivity index (χ1v) is 7.91. The third-order valence-electron chi connectivity index (χ3n) is 3.59. The molecule has 0 aromatic carbocycles. The number of nitrogen functional groups attached to an aromatic ring is 1. The minimum absolute atomic E-state index is 0.290. The van der Waals surface area contributed by atoms with E-state index < -0.39 is 0 Å². The maximum atomic E-state index is 6.09. The predicted molar refractivity (Wildman–Crippen MR) is 86.4 cm³/mol. The van der Waals surface area contributed by atoms with Crippen molar-refractivity contribution in [1.29, 1.82) is 0 Å². The van der Waals surface area contributed by atoms with Gasteiger partial charge < -0.3 is 5.73 Å². The molecule has 0 aliphatic rings. The predicted octanol–water partition coefficient (Wildman–Crippen LogP) is 3.04. The van der Waals surface area contributed by atoms with Crippen molar-refractivity contribution in [3.05, 3.63) is 47.0 Å². The van der Waals surface area contributed by atoms with E-state index in [-0.39, 0.29) is 5.92 Å². The Bertz CT molecular complexity index is 792. The average molecular weight is 299 g/mol. The van der Waals surface area contributed by atoms with Crippen LogP contribution in [0.2, 0.25) is 0 Å². The highest BCUT2D eigenvalue weighted by Gasteiger charge is 2.14. The molecule has 3 rings (SSSR count). The fraction of sp³-hybridized carbons (Fsp3) is 0.312. The zero-order chi connectivity index (χ0) is 15.0. The quantitative estimate of drug-likeness (QED) is 0.756. The molecule has 0 saturated carbocycles. The Hall–Kier alpha value is -2.01. The van der Waals surface area contributed by atoms with Crippen molar-refractivity contribution in [1.82, 2.24) is 9.97 Å². The van der Waals surface area contributed by atoms with E-state index in [1.54, 1.807) is 11.3 Å². The van der Waals surface area contributed by atoms with Crippen LogP contribution in [0, 0.1) is 6.92 Å². The average Bonchev–Trinajstić information content (AvgIpc) is 2.88. The summed E-state index contributed by atoms with van der Waals surface area (Å²) in [7, 11) is 0. The number of hydrogen-bond donors (Lipinski definition) is 1. The van der Waals surface area contributed by atoms with Crippen LogP contribution < -0.4 is 10.3 Å². The molecule has 0 saturated heterocycles. The molecular weight excluding hydrogens is 280 g/mol. The summed E-state index contributed by atoms with van der Waals surface area (Å²) in [4.78, 5) is 8.82. The van der Waals surface area contributed by atoms with Gasteiger partial charge in [-0.15, -0.1) is 11.3 Å². The van der Waals surface area contributed by atoms with E-state index in [1.807, 2.05) is 6.20 Å². The Labute approximate surface area is 128 Å². The van der Waals surface area contributed by atoms with Gasteiger partial charge in [0.05, 0.1) is 10.9 Å². The molecule has 108 valence electrons. The molecule has 3 aromatic rings. The Kier molecular flexibility index (Phi) is 3.59. The lowest BCUT2D eigenvalue weighted by Gasteiger charge is -2.07. The summed E-state index contributed by atoms with van der Waals surface area (Å²) in [5, 5.41) is 3.37. The maximum Gasteiger partial charge on any atom is 0.179 e. The normalized spacial score (nSPS) is 11.4. The molecule has 2 N–H and O–H groups in total. The first-order valence-electron chi connectivity index (χ1n) is 7.03. The number of pyridine rings is 1. The molecule has 0 radical (unpaired) electrons. The van der Waals surface area contributed by atoms with E-state index in [9.17, 15) is 0 Å². The van der Waals surface area contributed by atoms with Gasteiger partial charge in [0.25, 0.3) is 0 Å². The first kappa shape index (κ1) is 13.9. The van der Waals surface area contributed by atoms with Crippen molar-refractivity contribution >= 4 is 27.2 Å². The lowest BCUT2D eigenvalue weighted by molar-refractivity contribution is -0.692. The fourth-order valence-corrected chi connectivity index (χ4v) is 3.14. The number of thiophene rings is 1. The van der Waals surface area contributed by atoms with Crippen LogP contribution in [-0.2, 0) is 6.54 Å². The molecule has 0 fully saturated rings. The number of fused-ring (bicyclic) bond motifs is 1. The van der Waals surface area contributed by atoms with E-state index in [2.05, 4.69) is 59.0 Å². The van der Waals surface area contributed by atoms with Crippen LogP contribution >= 0.6 is 11.3 Å². The van der Waals surface area contributed by atoms with Crippen molar-refractivity contribution in [3.63, 3.8) is 0 Å². The Morgan fingerprint density at radius 1 is 1.38 bits per heavy atom. The van der Waals surface area contributed by atoms with E-state index in [4.69, 9.17) is 5.73 Å². The summed E-state index contributed by atoms with van der Waals surface area (Å²) in [5.41, 5.74) is 8.25. The zero-order valence-corrected chi connectivity index (χ0v) is 13.3. The topological polar surface area (TPSA) is 55.7 Å². The Balaban J connectivity index is 1.96. The second kappa shape index (κ2) is 5.41. The van der Waals surface area contributed by atoms with Crippen LogP contribution in [0.15, 0.2) is 29.9 Å². The molecule has 4 nitrogen and oxygen atoms in total. The third-order valence-corrected chi connectivity index (χ3v) is 4.47. The molecular formula is C16H19N4S+. The second-order valence-electron chi connectivity index (χ2n) is 5.58. The molecule has 0 amide bonds. The summed E-state index contributed by atoms with van der Waals surface area (Å²) in [6.45, 7) is 6.94. The Morgan fingerprint density at radius 3 is 2.90 bits per heavy atom. The summed E-state index contributed by atoms with van der Waals surface area (Å²) < 4.78 is 3.50. The minimum atomic E-state index is 0.290. The second-order valence-corrected chi connectivity index (χ2v) is 6.52. The van der Waals surface area contributed by atoms with Crippen molar-refractivity contribution in [2.24, 2.45) is 0 Å². The van der Waals surface area contributed by atoms with Crippen LogP contribution in [0.4, 0.5) is 5.82 Å². The molecule has 0 spiro atoms. The zero-order valence-electron chi connectivity index (χ0n) is 12.5. The number of hydrogen-bond acceptors (Lipinski definition) is 4. The van der Waals surface area contributed by atoms with E-state index in [0.29, 0.717) is 12.4 Å². The van der Waals surface area contributed by atoms with Crippen molar-refractivity contribution in [3.8, 4) is 0 Å². The molecule has 3 aromatic heterocycles. The molecule has 0 aliphatic carbocycles. The van der Waals surface area contributed by atoms with Crippen LogP contribution in [0.1, 0.15) is 36.8 Å². The number of aryl methyl sites for hydroxylation is 1. The molecule has 5 heteroatoms. The summed E-state index contributed by atoms with van der Waals surface area (Å²) in [5.74, 6) is 1.66. The van der Waals surface area contributed by atoms with Crippen molar-refractivity contribution in [2.45, 2.75) is 33.2 Å². The molecule has 0 unspecified atom stereocenters. The van der Waals surface area contributed by atoms with Gasteiger partial charge in [0.2, 0.25) is 0 Å². The smallest absolute Gasteiger partial charge is 0.179 e. The van der Waals surface area contributed by atoms with Crippen LogP contribution in [0.5, 0.6) is 0 Å². The van der Waals surface area contributed by atoms with Gasteiger partial charge in [-0.25, -0.2) is 9.97 Å². The lowest BCUT2D eigenvalue weighted by atomic mass is 10.2. The standard InChI is InChI=1S/C16H19N4S/c1-10(2)16-18-7-13(15(17)19-16)9-20-8-12-4-5-21-14(12)6-11(20)3/h4-8,10H,9H2,1-3H3,(H2,17,18,19)/q+1. The highest BCUT2D eigenvalue weighted by atomic mass is 32.1. The number of rotatable bonds is 3. The van der Waals surface area contributed by atoms with Gasteiger partial charge in [0.1, 0.15) is 11.6 Å². The first-order chi connectivity index (χ1) is 10.0. The lowest BCUT2D eigenvalue weighted by Crippen LogP contribution is -2.37. The molecule has 0 atom stereocenters. The van der Waals surface area contributed by atoms with Crippen LogP contribution in [0.3, 0.4) is 0 Å². The van der Waals surface area contributed by atoms with Gasteiger partial charge in [-0.2, -0.15) is 4.57 Å². The highest BCUT2D eigenvalue weighted by Crippen LogP contribution is 2.20. The third kappa shape index (κ3) is 2.74. The highest BCUT2D eigenvalue weighted by molar-refractivity contribution is 7.17. The number of anilines is 1.